The molecule has 0 aromatic carbocycles. The lowest BCUT2D eigenvalue weighted by molar-refractivity contribution is -0.125. The lowest BCUT2D eigenvalue weighted by Crippen LogP contribution is -2.18. The van der Waals surface area contributed by atoms with Crippen molar-refractivity contribution in [1.82, 2.24) is 0 Å². The van der Waals surface area contributed by atoms with Crippen LogP contribution < -0.4 is 0 Å². The highest BCUT2D eigenvalue weighted by Crippen LogP contribution is 2.58. The normalized spacial score (nSPS) is 48.6. The van der Waals surface area contributed by atoms with E-state index in [1.807, 2.05) is 0 Å². The van der Waals surface area contributed by atoms with E-state index in [1.165, 1.54) is 12.8 Å². The first-order chi connectivity index (χ1) is 4.23. The van der Waals surface area contributed by atoms with Crippen LogP contribution in [0.4, 0.5) is 0 Å². The van der Waals surface area contributed by atoms with Gasteiger partial charge in [-0.15, -0.1) is 0 Å². The van der Waals surface area contributed by atoms with Gasteiger partial charge in [-0.3, -0.25) is 4.79 Å². The van der Waals surface area contributed by atoms with Gasteiger partial charge in [0.2, 0.25) is 0 Å². The Balaban J connectivity index is 2.19. The van der Waals surface area contributed by atoms with Gasteiger partial charge in [0.1, 0.15) is 5.78 Å². The summed E-state index contributed by atoms with van der Waals surface area (Å²) in [6.07, 6.45) is 4.50. The van der Waals surface area contributed by atoms with Gasteiger partial charge in [0.25, 0.3) is 0 Å². The van der Waals surface area contributed by atoms with E-state index in [0.29, 0.717) is 5.78 Å². The van der Waals surface area contributed by atoms with Crippen LogP contribution in [0.2, 0.25) is 0 Å². The quantitative estimate of drug-likeness (QED) is 0.481. The monoisotopic (exact) mass is 124 g/mol. The van der Waals surface area contributed by atoms with Crippen LogP contribution in [0.1, 0.15) is 32.6 Å². The van der Waals surface area contributed by atoms with E-state index in [-0.39, 0.29) is 5.41 Å². The summed E-state index contributed by atoms with van der Waals surface area (Å²) in [7, 11) is 0. The zero-order chi connectivity index (χ0) is 6.48. The van der Waals surface area contributed by atoms with E-state index in [4.69, 9.17) is 0 Å². The molecular weight excluding hydrogens is 112 g/mol. The number of hydrogen-bond acceptors (Lipinski definition) is 1. The molecule has 2 aliphatic carbocycles. The zero-order valence-electron chi connectivity index (χ0n) is 5.81. The highest BCUT2D eigenvalue weighted by atomic mass is 16.1. The van der Waals surface area contributed by atoms with Gasteiger partial charge < -0.3 is 0 Å². The fraction of sp³-hybridized carbons (Fsp3) is 0.875. The Kier molecular flexibility index (Phi) is 0.842. The second kappa shape index (κ2) is 1.39. The third-order valence-electron chi connectivity index (χ3n) is 3.00. The molecule has 50 valence electrons. The van der Waals surface area contributed by atoms with E-state index < -0.39 is 0 Å². The van der Waals surface area contributed by atoms with Gasteiger partial charge in [0.05, 0.1) is 0 Å². The minimum atomic E-state index is 0.165. The Morgan fingerprint density at radius 3 is 3.00 bits per heavy atom. The van der Waals surface area contributed by atoms with Gasteiger partial charge in [-0.2, -0.15) is 0 Å². The summed E-state index contributed by atoms with van der Waals surface area (Å²) < 4.78 is 0. The predicted octanol–water partition coefficient (Wildman–Crippen LogP) is 1.77. The lowest BCUT2D eigenvalue weighted by Gasteiger charge is -2.14. The highest BCUT2D eigenvalue weighted by molar-refractivity contribution is 5.88. The molecule has 2 saturated carbocycles. The van der Waals surface area contributed by atoms with E-state index in [0.717, 1.165) is 18.8 Å². The van der Waals surface area contributed by atoms with Crippen LogP contribution in [-0.2, 0) is 4.79 Å². The van der Waals surface area contributed by atoms with Crippen LogP contribution in [0.25, 0.3) is 0 Å². The molecule has 2 rings (SSSR count). The number of rotatable bonds is 0. The summed E-state index contributed by atoms with van der Waals surface area (Å²) in [5, 5.41) is 0. The Labute approximate surface area is 55.4 Å². The Hall–Kier alpha value is -0.330. The SMILES string of the molecule is C[C@]12C[C@@H]1CCCC2=O. The predicted molar refractivity (Wildman–Crippen MR) is 35.1 cm³/mol. The lowest BCUT2D eigenvalue weighted by atomic mass is 9.89. The van der Waals surface area contributed by atoms with E-state index in [9.17, 15) is 4.79 Å². The summed E-state index contributed by atoms with van der Waals surface area (Å²) in [6, 6.07) is 0. The fourth-order valence-corrected chi connectivity index (χ4v) is 2.01. The van der Waals surface area contributed by atoms with Crippen LogP contribution in [0, 0.1) is 11.3 Å². The molecule has 0 bridgehead atoms. The molecule has 0 amide bonds. The molecule has 0 saturated heterocycles. The molecule has 2 atom stereocenters. The summed E-state index contributed by atoms with van der Waals surface area (Å²) in [5.74, 6) is 1.30. The zero-order valence-corrected chi connectivity index (χ0v) is 5.81. The van der Waals surface area contributed by atoms with Crippen molar-refractivity contribution in [2.45, 2.75) is 32.6 Å². The molecule has 0 unspecified atom stereocenters. The number of carbonyl (C=O) groups is 1. The fourth-order valence-electron chi connectivity index (χ4n) is 2.01. The van der Waals surface area contributed by atoms with Crippen molar-refractivity contribution < 1.29 is 4.79 Å². The molecule has 0 aliphatic heterocycles. The third kappa shape index (κ3) is 0.577. The van der Waals surface area contributed by atoms with Gasteiger partial charge in [-0.1, -0.05) is 6.92 Å². The van der Waals surface area contributed by atoms with Crippen molar-refractivity contribution in [3.05, 3.63) is 0 Å². The number of hydrogen-bond donors (Lipinski definition) is 0. The highest BCUT2D eigenvalue weighted by Gasteiger charge is 2.56. The average molecular weight is 124 g/mol. The largest absolute Gasteiger partial charge is 0.299 e. The summed E-state index contributed by atoms with van der Waals surface area (Å²) in [6.45, 7) is 2.12. The molecule has 1 nitrogen and oxygen atoms in total. The molecule has 0 aromatic rings. The maximum absolute atomic E-state index is 11.2. The van der Waals surface area contributed by atoms with Crippen LogP contribution >= 0.6 is 0 Å². The molecule has 0 aromatic heterocycles. The Bertz CT molecular complexity index is 162. The molecule has 0 spiro atoms. The maximum Gasteiger partial charge on any atom is 0.139 e. The minimum absolute atomic E-state index is 0.165. The van der Waals surface area contributed by atoms with Crippen molar-refractivity contribution in [2.75, 3.05) is 0 Å². The van der Waals surface area contributed by atoms with Crippen LogP contribution in [0.15, 0.2) is 0 Å². The van der Waals surface area contributed by atoms with Gasteiger partial charge >= 0.3 is 0 Å². The second-order valence-corrected chi connectivity index (χ2v) is 3.63. The summed E-state index contributed by atoms with van der Waals surface area (Å²) in [4.78, 5) is 11.2. The molecule has 2 fully saturated rings. The molecule has 0 N–H and O–H groups in total. The van der Waals surface area contributed by atoms with Gasteiger partial charge in [0.15, 0.2) is 0 Å². The number of Topliss-reactive ketones (excluding diaryl/α,β-unsaturated/α-hetero) is 1. The minimum Gasteiger partial charge on any atom is -0.299 e. The smallest absolute Gasteiger partial charge is 0.139 e. The number of fused-ring (bicyclic) bond motifs is 1. The molecule has 1 heteroatoms. The first-order valence-corrected chi connectivity index (χ1v) is 3.77. The van der Waals surface area contributed by atoms with Crippen LogP contribution in [0.5, 0.6) is 0 Å². The standard InChI is InChI=1S/C8H12O/c1-8-5-6(8)3-2-4-7(8)9/h6H,2-5H2,1H3/t6-,8-/m0/s1. The van der Waals surface area contributed by atoms with Gasteiger partial charge in [0, 0.05) is 11.8 Å². The number of ketones is 1. The van der Waals surface area contributed by atoms with E-state index in [1.54, 1.807) is 0 Å². The van der Waals surface area contributed by atoms with Crippen molar-refractivity contribution >= 4 is 5.78 Å². The van der Waals surface area contributed by atoms with Crippen LogP contribution in [0.3, 0.4) is 0 Å². The molecule has 0 radical (unpaired) electrons. The summed E-state index contributed by atoms with van der Waals surface area (Å²) >= 11 is 0. The van der Waals surface area contributed by atoms with Crippen LogP contribution in [-0.4, -0.2) is 5.78 Å². The van der Waals surface area contributed by atoms with Crippen molar-refractivity contribution in [1.29, 1.82) is 0 Å². The summed E-state index contributed by atoms with van der Waals surface area (Å²) in [5.41, 5.74) is 0.165. The van der Waals surface area contributed by atoms with E-state index in [2.05, 4.69) is 6.92 Å². The second-order valence-electron chi connectivity index (χ2n) is 3.63. The van der Waals surface area contributed by atoms with Gasteiger partial charge in [-0.25, -0.2) is 0 Å². The van der Waals surface area contributed by atoms with Crippen molar-refractivity contribution in [3.63, 3.8) is 0 Å². The number of carbonyl (C=O) groups excluding carboxylic acids is 1. The average Bonchev–Trinajstić information content (AvgIpc) is 2.44. The first-order valence-electron chi connectivity index (χ1n) is 3.77. The first kappa shape index (κ1) is 5.45. The van der Waals surface area contributed by atoms with E-state index >= 15 is 0 Å². The third-order valence-corrected chi connectivity index (χ3v) is 3.00. The molecular formula is C8H12O. The van der Waals surface area contributed by atoms with Crippen molar-refractivity contribution in [3.8, 4) is 0 Å². The molecule has 2 aliphatic rings. The topological polar surface area (TPSA) is 17.1 Å². The maximum atomic E-state index is 11.2. The molecule has 0 heterocycles. The van der Waals surface area contributed by atoms with Gasteiger partial charge in [-0.05, 0) is 25.2 Å². The Morgan fingerprint density at radius 2 is 2.44 bits per heavy atom. The Morgan fingerprint density at radius 1 is 1.67 bits per heavy atom. The van der Waals surface area contributed by atoms with Crippen molar-refractivity contribution in [2.24, 2.45) is 11.3 Å². The molecule has 9 heavy (non-hydrogen) atoms.